The minimum Gasteiger partial charge on any atom is -0.481 e. The number of carboxylic acid groups (broad SMARTS) is 4. The molecule has 2 rings (SSSR count). The summed E-state index contributed by atoms with van der Waals surface area (Å²) in [6.45, 7) is 0. The molecule has 1 aliphatic rings. The lowest BCUT2D eigenvalue weighted by Gasteiger charge is -2.27. The molecule has 0 saturated carbocycles. The molecule has 4 N–H and O–H groups in total. The molecule has 0 spiro atoms. The zero-order valence-electron chi connectivity index (χ0n) is 12.0. The molecule has 0 amide bonds. The molecule has 24 heavy (non-hydrogen) atoms. The second kappa shape index (κ2) is 6.37. The van der Waals surface area contributed by atoms with Gasteiger partial charge in [0.25, 0.3) is 0 Å². The fraction of sp³-hybridized carbons (Fsp3) is 0.125. The standard InChI is InChI=1S/C16H12O8/c17-13(18)7-3-1-4-8(14(19)20)11(7)12-9(15(21)22)5-2-6-10(12)16(23)24/h1-7,11H,(H,17,18)(H,19,20)(H,21,22)(H,23,24). The molecule has 0 radical (unpaired) electrons. The Labute approximate surface area is 135 Å². The molecule has 0 saturated heterocycles. The summed E-state index contributed by atoms with van der Waals surface area (Å²) in [5, 5.41) is 37.4. The largest absolute Gasteiger partial charge is 0.481 e. The molecule has 8 heteroatoms. The zero-order chi connectivity index (χ0) is 18.0. The molecule has 0 bridgehead atoms. The Morgan fingerprint density at radius 1 is 0.833 bits per heavy atom. The van der Waals surface area contributed by atoms with Gasteiger partial charge in [-0.1, -0.05) is 24.3 Å². The normalized spacial score (nSPS) is 19.4. The highest BCUT2D eigenvalue weighted by Crippen LogP contribution is 2.39. The van der Waals surface area contributed by atoms with Crippen LogP contribution < -0.4 is 0 Å². The van der Waals surface area contributed by atoms with Gasteiger partial charge in [-0.3, -0.25) is 4.79 Å². The Bertz CT molecular complexity index is 770. The fourth-order valence-electron chi connectivity index (χ4n) is 2.72. The maximum absolute atomic E-state index is 11.5. The summed E-state index contributed by atoms with van der Waals surface area (Å²) in [6, 6.07) is 3.43. The van der Waals surface area contributed by atoms with Crippen LogP contribution in [0.15, 0.2) is 42.0 Å². The van der Waals surface area contributed by atoms with E-state index in [0.717, 1.165) is 18.2 Å². The lowest BCUT2D eigenvalue weighted by molar-refractivity contribution is -0.140. The zero-order valence-corrected chi connectivity index (χ0v) is 12.0. The SMILES string of the molecule is O=C(O)C1=CC=CC(C(=O)O)C1c1c(C(=O)O)cccc1C(=O)O. The number of hydrogen-bond donors (Lipinski definition) is 4. The van der Waals surface area contributed by atoms with Gasteiger partial charge < -0.3 is 20.4 Å². The Morgan fingerprint density at radius 3 is 1.79 bits per heavy atom. The Morgan fingerprint density at radius 2 is 1.38 bits per heavy atom. The van der Waals surface area contributed by atoms with E-state index < -0.39 is 46.8 Å². The number of hydrogen-bond acceptors (Lipinski definition) is 4. The predicted octanol–water partition coefficient (Wildman–Crippen LogP) is 1.45. The van der Waals surface area contributed by atoms with Gasteiger partial charge in [0.15, 0.2) is 0 Å². The van der Waals surface area contributed by atoms with Crippen LogP contribution >= 0.6 is 0 Å². The monoisotopic (exact) mass is 332 g/mol. The van der Waals surface area contributed by atoms with Gasteiger partial charge in [0.05, 0.1) is 17.0 Å². The van der Waals surface area contributed by atoms with Crippen LogP contribution in [0.25, 0.3) is 0 Å². The molecule has 124 valence electrons. The summed E-state index contributed by atoms with van der Waals surface area (Å²) >= 11 is 0. The molecule has 0 aromatic heterocycles. The van der Waals surface area contributed by atoms with E-state index in [9.17, 15) is 39.6 Å². The van der Waals surface area contributed by atoms with Gasteiger partial charge in [-0.2, -0.15) is 0 Å². The molecular weight excluding hydrogens is 320 g/mol. The average molecular weight is 332 g/mol. The first-order valence-electron chi connectivity index (χ1n) is 6.69. The fourth-order valence-corrected chi connectivity index (χ4v) is 2.72. The number of rotatable bonds is 5. The lowest BCUT2D eigenvalue weighted by Crippen LogP contribution is -2.29. The van der Waals surface area contributed by atoms with Crippen LogP contribution in [-0.2, 0) is 9.59 Å². The van der Waals surface area contributed by atoms with Crippen molar-refractivity contribution < 1.29 is 39.6 Å². The smallest absolute Gasteiger partial charge is 0.336 e. The Balaban J connectivity index is 2.83. The first-order chi connectivity index (χ1) is 11.3. The summed E-state index contributed by atoms with van der Waals surface area (Å²) < 4.78 is 0. The third kappa shape index (κ3) is 2.89. The van der Waals surface area contributed by atoms with Crippen molar-refractivity contribution in [2.45, 2.75) is 5.92 Å². The molecule has 1 aromatic carbocycles. The quantitative estimate of drug-likeness (QED) is 0.633. The minimum atomic E-state index is -1.48. The summed E-state index contributed by atoms with van der Waals surface area (Å²) in [5.41, 5.74) is -1.63. The molecule has 8 nitrogen and oxygen atoms in total. The van der Waals surface area contributed by atoms with Crippen LogP contribution in [0.3, 0.4) is 0 Å². The van der Waals surface area contributed by atoms with Gasteiger partial charge in [-0.25, -0.2) is 14.4 Å². The van der Waals surface area contributed by atoms with Crippen molar-refractivity contribution in [1.82, 2.24) is 0 Å². The van der Waals surface area contributed by atoms with Crippen molar-refractivity contribution in [3.05, 3.63) is 58.7 Å². The van der Waals surface area contributed by atoms with Gasteiger partial charge >= 0.3 is 23.9 Å². The highest BCUT2D eigenvalue weighted by Gasteiger charge is 2.39. The molecule has 2 unspecified atom stereocenters. The number of benzene rings is 1. The van der Waals surface area contributed by atoms with Crippen molar-refractivity contribution in [2.24, 2.45) is 5.92 Å². The van der Waals surface area contributed by atoms with Crippen molar-refractivity contribution >= 4 is 23.9 Å². The predicted molar refractivity (Wildman–Crippen MR) is 79.1 cm³/mol. The molecule has 0 heterocycles. The van der Waals surface area contributed by atoms with Crippen LogP contribution in [0.4, 0.5) is 0 Å². The van der Waals surface area contributed by atoms with E-state index in [2.05, 4.69) is 0 Å². The molecule has 0 fully saturated rings. The first-order valence-corrected chi connectivity index (χ1v) is 6.69. The lowest BCUT2D eigenvalue weighted by atomic mass is 9.74. The summed E-state index contributed by atoms with van der Waals surface area (Å²) in [5.74, 6) is -8.64. The van der Waals surface area contributed by atoms with E-state index in [1.807, 2.05) is 0 Å². The molecule has 2 atom stereocenters. The van der Waals surface area contributed by atoms with Crippen molar-refractivity contribution in [3.63, 3.8) is 0 Å². The van der Waals surface area contributed by atoms with Gasteiger partial charge in [-0.05, 0) is 17.7 Å². The second-order valence-electron chi connectivity index (χ2n) is 5.03. The van der Waals surface area contributed by atoms with E-state index in [1.54, 1.807) is 0 Å². The minimum absolute atomic E-state index is 0.345. The van der Waals surface area contributed by atoms with Gasteiger partial charge in [-0.15, -0.1) is 0 Å². The van der Waals surface area contributed by atoms with E-state index in [0.29, 0.717) is 0 Å². The van der Waals surface area contributed by atoms with Crippen molar-refractivity contribution in [3.8, 4) is 0 Å². The number of carboxylic acids is 4. The highest BCUT2D eigenvalue weighted by molar-refractivity contribution is 6.00. The summed E-state index contributed by atoms with van der Waals surface area (Å²) in [4.78, 5) is 45.9. The van der Waals surface area contributed by atoms with Crippen LogP contribution in [0.5, 0.6) is 0 Å². The number of aliphatic carboxylic acids is 2. The average Bonchev–Trinajstić information content (AvgIpc) is 2.52. The van der Waals surface area contributed by atoms with E-state index in [-0.39, 0.29) is 11.1 Å². The molecule has 1 aromatic rings. The van der Waals surface area contributed by atoms with Crippen LogP contribution in [-0.4, -0.2) is 44.3 Å². The Kier molecular flexibility index (Phi) is 4.50. The highest BCUT2D eigenvalue weighted by atomic mass is 16.4. The van der Waals surface area contributed by atoms with E-state index >= 15 is 0 Å². The summed E-state index contributed by atoms with van der Waals surface area (Å²) in [7, 11) is 0. The van der Waals surface area contributed by atoms with E-state index in [4.69, 9.17) is 0 Å². The molecule has 1 aliphatic carbocycles. The molecular formula is C16H12O8. The van der Waals surface area contributed by atoms with Crippen LogP contribution in [0.2, 0.25) is 0 Å². The third-order valence-corrected chi connectivity index (χ3v) is 3.70. The number of aromatic carboxylic acids is 2. The van der Waals surface area contributed by atoms with Gasteiger partial charge in [0.2, 0.25) is 0 Å². The first kappa shape index (κ1) is 16.9. The molecule has 0 aliphatic heterocycles. The van der Waals surface area contributed by atoms with Crippen molar-refractivity contribution in [1.29, 1.82) is 0 Å². The number of carbonyl (C=O) groups is 4. The topological polar surface area (TPSA) is 149 Å². The van der Waals surface area contributed by atoms with Crippen LogP contribution in [0, 0.1) is 5.92 Å². The maximum Gasteiger partial charge on any atom is 0.336 e. The Hall–Kier alpha value is -3.42. The van der Waals surface area contributed by atoms with Gasteiger partial charge in [0.1, 0.15) is 0 Å². The van der Waals surface area contributed by atoms with Crippen LogP contribution in [0.1, 0.15) is 32.2 Å². The number of allylic oxidation sites excluding steroid dienone is 2. The van der Waals surface area contributed by atoms with Gasteiger partial charge in [0, 0.05) is 11.5 Å². The summed E-state index contributed by atoms with van der Waals surface area (Å²) in [6.07, 6.45) is 3.57. The second-order valence-corrected chi connectivity index (χ2v) is 5.03. The maximum atomic E-state index is 11.5. The third-order valence-electron chi connectivity index (χ3n) is 3.70. The van der Waals surface area contributed by atoms with E-state index in [1.165, 1.54) is 18.2 Å². The van der Waals surface area contributed by atoms with Crippen molar-refractivity contribution in [2.75, 3.05) is 0 Å².